The zero-order valence-corrected chi connectivity index (χ0v) is 22.2. The standard InChI is InChI=1S/C28H35N3O6/c1-27(2,3)25(29)31-37-24(33)22(15-23(32)36-28(4,5)6)30-26(34)35-16-21-19-13-9-7-11-17(19)18-12-8-10-14-20(18)21/h7-14,21-22H,15-16H2,1-6H3,(H2,29,31)(H,30,34)/t22-/m1/s1. The number of alkyl carbamates (subject to hydrolysis) is 1. The lowest BCUT2D eigenvalue weighted by Gasteiger charge is -2.22. The van der Waals surface area contributed by atoms with Gasteiger partial charge in [-0.1, -0.05) is 74.5 Å². The van der Waals surface area contributed by atoms with E-state index in [1.165, 1.54) is 0 Å². The van der Waals surface area contributed by atoms with Gasteiger partial charge in [0.2, 0.25) is 0 Å². The summed E-state index contributed by atoms with van der Waals surface area (Å²) < 4.78 is 10.8. The maximum atomic E-state index is 12.7. The Bertz CT molecular complexity index is 1150. The zero-order valence-electron chi connectivity index (χ0n) is 22.2. The van der Waals surface area contributed by atoms with Crippen molar-refractivity contribution in [2.45, 2.75) is 65.5 Å². The third-order valence-corrected chi connectivity index (χ3v) is 5.71. The van der Waals surface area contributed by atoms with Gasteiger partial charge in [0.1, 0.15) is 24.1 Å². The second-order valence-corrected chi connectivity index (χ2v) is 10.9. The fourth-order valence-corrected chi connectivity index (χ4v) is 3.82. The number of rotatable bonds is 7. The molecule has 0 bridgehead atoms. The summed E-state index contributed by atoms with van der Waals surface area (Å²) in [6, 6.07) is 14.5. The minimum atomic E-state index is -1.39. The number of esters is 1. The van der Waals surface area contributed by atoms with Gasteiger partial charge in [-0.05, 0) is 43.0 Å². The van der Waals surface area contributed by atoms with E-state index in [1.807, 2.05) is 48.5 Å². The van der Waals surface area contributed by atoms with Crippen LogP contribution in [0.2, 0.25) is 0 Å². The molecule has 0 saturated carbocycles. The number of benzene rings is 2. The maximum absolute atomic E-state index is 12.7. The number of nitrogens with two attached hydrogens (primary N) is 1. The number of ether oxygens (including phenoxy) is 2. The topological polar surface area (TPSA) is 129 Å². The molecule has 1 amide bonds. The van der Waals surface area contributed by atoms with E-state index in [0.717, 1.165) is 22.3 Å². The molecular formula is C28H35N3O6. The molecule has 198 valence electrons. The van der Waals surface area contributed by atoms with Crippen molar-refractivity contribution in [3.05, 3.63) is 59.7 Å². The van der Waals surface area contributed by atoms with Gasteiger partial charge in [-0.2, -0.15) is 0 Å². The lowest BCUT2D eigenvalue weighted by atomic mass is 9.96. The van der Waals surface area contributed by atoms with E-state index in [2.05, 4.69) is 10.5 Å². The van der Waals surface area contributed by atoms with Crippen LogP contribution in [0.25, 0.3) is 11.1 Å². The van der Waals surface area contributed by atoms with Crippen molar-refractivity contribution in [2.24, 2.45) is 16.3 Å². The molecular weight excluding hydrogens is 474 g/mol. The summed E-state index contributed by atoms with van der Waals surface area (Å²) in [5, 5.41) is 6.09. The van der Waals surface area contributed by atoms with Crippen molar-refractivity contribution < 1.29 is 28.7 Å². The van der Waals surface area contributed by atoms with E-state index in [9.17, 15) is 14.4 Å². The highest BCUT2D eigenvalue weighted by molar-refractivity contribution is 5.88. The Morgan fingerprint density at radius 2 is 1.49 bits per heavy atom. The first kappa shape index (κ1) is 27.7. The molecule has 1 aliphatic rings. The summed E-state index contributed by atoms with van der Waals surface area (Å²) in [5.74, 6) is -1.74. The molecule has 0 spiro atoms. The average molecular weight is 510 g/mol. The Balaban J connectivity index is 1.71. The van der Waals surface area contributed by atoms with Crippen LogP contribution in [0, 0.1) is 5.41 Å². The molecule has 37 heavy (non-hydrogen) atoms. The monoisotopic (exact) mass is 509 g/mol. The summed E-state index contributed by atoms with van der Waals surface area (Å²) in [4.78, 5) is 42.8. The Hall–Kier alpha value is -3.88. The number of fused-ring (bicyclic) bond motifs is 3. The second kappa shape index (κ2) is 11.0. The number of carbonyl (C=O) groups is 3. The molecule has 2 aromatic carbocycles. The summed E-state index contributed by atoms with van der Waals surface area (Å²) >= 11 is 0. The highest BCUT2D eigenvalue weighted by atomic mass is 16.7. The number of nitrogens with one attached hydrogen (secondary N) is 1. The van der Waals surface area contributed by atoms with E-state index in [0.29, 0.717) is 0 Å². The molecule has 9 heteroatoms. The number of oxime groups is 1. The molecule has 0 aliphatic heterocycles. The molecule has 9 nitrogen and oxygen atoms in total. The fourth-order valence-electron chi connectivity index (χ4n) is 3.82. The summed E-state index contributed by atoms with van der Waals surface area (Å²) in [5.41, 5.74) is 8.81. The van der Waals surface area contributed by atoms with Crippen LogP contribution in [-0.4, -0.2) is 42.1 Å². The number of amidine groups is 1. The van der Waals surface area contributed by atoms with E-state index < -0.39 is 41.5 Å². The number of hydrogen-bond acceptors (Lipinski definition) is 7. The highest BCUT2D eigenvalue weighted by Crippen LogP contribution is 2.44. The van der Waals surface area contributed by atoms with Crippen LogP contribution in [0.1, 0.15) is 65.0 Å². The second-order valence-electron chi connectivity index (χ2n) is 10.9. The van der Waals surface area contributed by atoms with Gasteiger partial charge in [0, 0.05) is 11.3 Å². The average Bonchev–Trinajstić information content (AvgIpc) is 3.12. The van der Waals surface area contributed by atoms with Crippen molar-refractivity contribution in [2.75, 3.05) is 6.61 Å². The van der Waals surface area contributed by atoms with Gasteiger partial charge in [-0.3, -0.25) is 4.79 Å². The molecule has 1 aliphatic carbocycles. The molecule has 3 rings (SSSR count). The quantitative estimate of drug-likeness (QED) is 0.185. The highest BCUT2D eigenvalue weighted by Gasteiger charge is 2.32. The Kier molecular flexibility index (Phi) is 8.25. The van der Waals surface area contributed by atoms with Crippen LogP contribution < -0.4 is 11.1 Å². The predicted octanol–water partition coefficient (Wildman–Crippen LogP) is 4.49. The Labute approximate surface area is 217 Å². The Morgan fingerprint density at radius 3 is 2.00 bits per heavy atom. The van der Waals surface area contributed by atoms with Crippen LogP contribution in [0.5, 0.6) is 0 Å². The molecule has 0 fully saturated rings. The number of amides is 1. The van der Waals surface area contributed by atoms with Crippen LogP contribution >= 0.6 is 0 Å². The van der Waals surface area contributed by atoms with E-state index >= 15 is 0 Å². The van der Waals surface area contributed by atoms with Gasteiger partial charge >= 0.3 is 18.0 Å². The van der Waals surface area contributed by atoms with Crippen LogP contribution in [0.4, 0.5) is 4.79 Å². The molecule has 0 radical (unpaired) electrons. The summed E-state index contributed by atoms with van der Waals surface area (Å²) in [6.07, 6.45) is -1.34. The van der Waals surface area contributed by atoms with Crippen LogP contribution in [0.15, 0.2) is 53.7 Å². The van der Waals surface area contributed by atoms with Gasteiger partial charge in [-0.15, -0.1) is 0 Å². The lowest BCUT2D eigenvalue weighted by molar-refractivity contribution is -0.159. The summed E-state index contributed by atoms with van der Waals surface area (Å²) in [6.45, 7) is 10.5. The van der Waals surface area contributed by atoms with Crippen molar-refractivity contribution in [3.8, 4) is 11.1 Å². The van der Waals surface area contributed by atoms with Gasteiger partial charge in [-0.25, -0.2) is 9.59 Å². The number of nitrogens with zero attached hydrogens (tertiary/aromatic N) is 1. The first-order chi connectivity index (χ1) is 17.3. The van der Waals surface area contributed by atoms with E-state index in [1.54, 1.807) is 41.5 Å². The SMILES string of the molecule is CC(C)(C)OC(=O)C[C@@H](NC(=O)OCC1c2ccccc2-c2ccccc21)C(=O)O/N=C(/N)C(C)(C)C. The molecule has 3 N–H and O–H groups in total. The molecule has 0 aromatic heterocycles. The smallest absolute Gasteiger partial charge is 0.407 e. The number of hydrogen-bond donors (Lipinski definition) is 2. The molecule has 0 saturated heterocycles. The van der Waals surface area contributed by atoms with Crippen molar-refractivity contribution in [1.29, 1.82) is 0 Å². The molecule has 1 atom stereocenters. The van der Waals surface area contributed by atoms with Crippen molar-refractivity contribution in [3.63, 3.8) is 0 Å². The van der Waals surface area contributed by atoms with Crippen LogP contribution in [-0.2, 0) is 23.9 Å². The number of carbonyl (C=O) groups excluding carboxylic acids is 3. The van der Waals surface area contributed by atoms with E-state index in [4.69, 9.17) is 20.0 Å². The normalized spacial score (nSPS) is 14.3. The van der Waals surface area contributed by atoms with Crippen molar-refractivity contribution >= 4 is 23.9 Å². The minimum Gasteiger partial charge on any atom is -0.460 e. The molecule has 0 unspecified atom stereocenters. The lowest BCUT2D eigenvalue weighted by Crippen LogP contribution is -2.44. The Morgan fingerprint density at radius 1 is 0.946 bits per heavy atom. The minimum absolute atomic E-state index is 0.0448. The van der Waals surface area contributed by atoms with Crippen molar-refractivity contribution in [1.82, 2.24) is 5.32 Å². The predicted molar refractivity (Wildman–Crippen MR) is 140 cm³/mol. The summed E-state index contributed by atoms with van der Waals surface area (Å²) in [7, 11) is 0. The third kappa shape index (κ3) is 7.31. The van der Waals surface area contributed by atoms with Gasteiger partial charge in [0.05, 0.1) is 6.42 Å². The largest absolute Gasteiger partial charge is 0.460 e. The fraction of sp³-hybridized carbons (Fsp3) is 0.429. The first-order valence-corrected chi connectivity index (χ1v) is 12.1. The third-order valence-electron chi connectivity index (χ3n) is 5.71. The molecule has 2 aromatic rings. The van der Waals surface area contributed by atoms with Gasteiger partial charge in [0.25, 0.3) is 0 Å². The van der Waals surface area contributed by atoms with Gasteiger partial charge < -0.3 is 25.4 Å². The molecule has 0 heterocycles. The van der Waals surface area contributed by atoms with Crippen LogP contribution in [0.3, 0.4) is 0 Å². The first-order valence-electron chi connectivity index (χ1n) is 12.1. The van der Waals surface area contributed by atoms with E-state index in [-0.39, 0.29) is 18.4 Å². The van der Waals surface area contributed by atoms with Gasteiger partial charge in [0.15, 0.2) is 0 Å². The maximum Gasteiger partial charge on any atom is 0.407 e. The zero-order chi connectivity index (χ0) is 27.4.